The molecule has 1 N–H and O–H groups in total. The van der Waals surface area contributed by atoms with Gasteiger partial charge in [-0.15, -0.1) is 0 Å². The highest BCUT2D eigenvalue weighted by atomic mass is 32.2. The number of hydrogen-bond donors (Lipinski definition) is 1. The fraction of sp³-hybridized carbons (Fsp3) is 0.381. The van der Waals surface area contributed by atoms with Gasteiger partial charge >= 0.3 is 0 Å². The van der Waals surface area contributed by atoms with E-state index in [9.17, 15) is 18.0 Å². The summed E-state index contributed by atoms with van der Waals surface area (Å²) in [6.07, 6.45) is 2.17. The average molecular weight is 429 g/mol. The molecule has 4 rings (SSSR count). The molecule has 2 aliphatic heterocycles. The van der Waals surface area contributed by atoms with Gasteiger partial charge in [-0.25, -0.2) is 13.4 Å². The fourth-order valence-electron chi connectivity index (χ4n) is 3.84. The molecule has 2 fully saturated rings. The van der Waals surface area contributed by atoms with E-state index in [1.54, 1.807) is 23.2 Å². The van der Waals surface area contributed by atoms with Crippen molar-refractivity contribution < 1.29 is 22.7 Å². The van der Waals surface area contributed by atoms with E-state index in [0.717, 1.165) is 5.56 Å². The molecule has 1 aromatic heterocycles. The maximum Gasteiger partial charge on any atom is 0.225 e. The van der Waals surface area contributed by atoms with Crippen LogP contribution in [0.25, 0.3) is 0 Å². The van der Waals surface area contributed by atoms with Gasteiger partial charge in [-0.05, 0) is 30.2 Å². The summed E-state index contributed by atoms with van der Waals surface area (Å²) in [6, 6.07) is 12.5. The Balaban J connectivity index is 1.32. The number of carbonyl (C=O) groups excluding carboxylic acids is 2. The van der Waals surface area contributed by atoms with Crippen molar-refractivity contribution in [3.05, 3.63) is 54.2 Å². The van der Waals surface area contributed by atoms with Crippen molar-refractivity contribution in [3.8, 4) is 11.6 Å². The molecule has 2 amide bonds. The monoisotopic (exact) mass is 429 g/mol. The number of rotatable bonds is 6. The molecule has 2 aliphatic rings. The van der Waals surface area contributed by atoms with Crippen molar-refractivity contribution in [1.82, 2.24) is 15.2 Å². The molecule has 3 heterocycles. The smallest absolute Gasteiger partial charge is 0.225 e. The van der Waals surface area contributed by atoms with Crippen LogP contribution in [0.15, 0.2) is 48.7 Å². The number of likely N-dealkylation sites (tertiary alicyclic amines) is 1. The standard InChI is InChI=1S/C21H23N3O5S/c25-20-11-16(13-24(20)17-7-9-30(27,28)14-17)21(26)23-12-15-6-8-22-19(10-15)29-18-4-2-1-3-5-18/h1-6,8,10,16-17H,7,9,11-14H2,(H,23,26)/t16-,17+/m0/s1. The third kappa shape index (κ3) is 4.79. The summed E-state index contributed by atoms with van der Waals surface area (Å²) < 4.78 is 29.1. The number of ether oxygens (including phenoxy) is 1. The van der Waals surface area contributed by atoms with Crippen molar-refractivity contribution in [3.63, 3.8) is 0 Å². The van der Waals surface area contributed by atoms with E-state index in [1.165, 1.54) is 0 Å². The zero-order valence-corrected chi connectivity index (χ0v) is 17.2. The largest absolute Gasteiger partial charge is 0.439 e. The molecule has 0 spiro atoms. The van der Waals surface area contributed by atoms with Gasteiger partial charge in [0.2, 0.25) is 17.7 Å². The van der Waals surface area contributed by atoms with Gasteiger partial charge in [-0.2, -0.15) is 0 Å². The molecule has 158 valence electrons. The normalized spacial score (nSPS) is 22.8. The maximum absolute atomic E-state index is 12.6. The molecule has 2 saturated heterocycles. The summed E-state index contributed by atoms with van der Waals surface area (Å²) in [5.41, 5.74) is 0.826. The van der Waals surface area contributed by atoms with Gasteiger partial charge in [0.25, 0.3) is 0 Å². The first-order valence-corrected chi connectivity index (χ1v) is 11.7. The summed E-state index contributed by atoms with van der Waals surface area (Å²) >= 11 is 0. The lowest BCUT2D eigenvalue weighted by molar-refractivity contribution is -0.130. The Kier molecular flexibility index (Phi) is 5.72. The first kappa shape index (κ1) is 20.3. The number of hydrogen-bond acceptors (Lipinski definition) is 6. The molecular formula is C21H23N3O5S. The second kappa shape index (κ2) is 8.43. The lowest BCUT2D eigenvalue weighted by atomic mass is 10.1. The summed E-state index contributed by atoms with van der Waals surface area (Å²) in [5, 5.41) is 2.86. The van der Waals surface area contributed by atoms with Crippen LogP contribution >= 0.6 is 0 Å². The van der Waals surface area contributed by atoms with Crippen LogP contribution in [0.4, 0.5) is 0 Å². The molecule has 2 aromatic rings. The molecule has 30 heavy (non-hydrogen) atoms. The van der Waals surface area contributed by atoms with Gasteiger partial charge in [0.1, 0.15) is 5.75 Å². The predicted molar refractivity (Wildman–Crippen MR) is 109 cm³/mol. The number of nitrogens with one attached hydrogen (secondary N) is 1. The summed E-state index contributed by atoms with van der Waals surface area (Å²) in [5.74, 6) is 0.362. The number of pyridine rings is 1. The zero-order valence-electron chi connectivity index (χ0n) is 16.4. The summed E-state index contributed by atoms with van der Waals surface area (Å²) in [7, 11) is -3.08. The van der Waals surface area contributed by atoms with Crippen molar-refractivity contribution in [2.24, 2.45) is 5.92 Å². The topological polar surface area (TPSA) is 106 Å². The number of aromatic nitrogens is 1. The molecule has 0 bridgehead atoms. The fourth-order valence-corrected chi connectivity index (χ4v) is 5.57. The minimum Gasteiger partial charge on any atom is -0.439 e. The van der Waals surface area contributed by atoms with Gasteiger partial charge in [-0.3, -0.25) is 9.59 Å². The molecule has 8 nitrogen and oxygen atoms in total. The lowest BCUT2D eigenvalue weighted by Crippen LogP contribution is -2.39. The molecule has 0 saturated carbocycles. The predicted octanol–water partition coefficient (Wildman–Crippen LogP) is 1.53. The highest BCUT2D eigenvalue weighted by Gasteiger charge is 2.41. The highest BCUT2D eigenvalue weighted by molar-refractivity contribution is 7.91. The van der Waals surface area contributed by atoms with Crippen LogP contribution in [0, 0.1) is 5.92 Å². The second-order valence-corrected chi connectivity index (χ2v) is 9.87. The van der Waals surface area contributed by atoms with Crippen LogP contribution in [0.2, 0.25) is 0 Å². The molecular weight excluding hydrogens is 406 g/mol. The van der Waals surface area contributed by atoms with Gasteiger partial charge < -0.3 is 15.0 Å². The number of benzene rings is 1. The number of para-hydroxylation sites is 1. The Bertz CT molecular complexity index is 1040. The molecule has 0 unspecified atom stereocenters. The van der Waals surface area contributed by atoms with E-state index in [1.807, 2.05) is 30.3 Å². The van der Waals surface area contributed by atoms with Gasteiger partial charge in [0, 0.05) is 37.8 Å². The second-order valence-electron chi connectivity index (χ2n) is 7.64. The van der Waals surface area contributed by atoms with Crippen LogP contribution in [0.1, 0.15) is 18.4 Å². The first-order chi connectivity index (χ1) is 14.4. The van der Waals surface area contributed by atoms with E-state index < -0.39 is 15.8 Å². The first-order valence-electron chi connectivity index (χ1n) is 9.85. The van der Waals surface area contributed by atoms with E-state index in [2.05, 4.69) is 10.3 Å². The average Bonchev–Trinajstić information content (AvgIpc) is 3.29. The van der Waals surface area contributed by atoms with Crippen molar-refractivity contribution in [1.29, 1.82) is 0 Å². The van der Waals surface area contributed by atoms with Gasteiger partial charge in [-0.1, -0.05) is 18.2 Å². The van der Waals surface area contributed by atoms with Crippen molar-refractivity contribution in [2.45, 2.75) is 25.4 Å². The molecule has 9 heteroatoms. The lowest BCUT2D eigenvalue weighted by Gasteiger charge is -2.22. The molecule has 0 radical (unpaired) electrons. The van der Waals surface area contributed by atoms with Crippen LogP contribution in [0.3, 0.4) is 0 Å². The quantitative estimate of drug-likeness (QED) is 0.747. The highest BCUT2D eigenvalue weighted by Crippen LogP contribution is 2.26. The number of sulfone groups is 1. The zero-order chi connectivity index (χ0) is 21.1. The Labute approximate surface area is 175 Å². The van der Waals surface area contributed by atoms with E-state index in [4.69, 9.17) is 4.74 Å². The number of carbonyl (C=O) groups is 2. The third-order valence-corrected chi connectivity index (χ3v) is 7.16. The molecule has 0 aliphatic carbocycles. The van der Waals surface area contributed by atoms with Crippen molar-refractivity contribution in [2.75, 3.05) is 18.1 Å². The summed E-state index contributed by atoms with van der Waals surface area (Å²) in [6.45, 7) is 0.554. The van der Waals surface area contributed by atoms with E-state index in [-0.39, 0.29) is 48.9 Å². The minimum atomic E-state index is -3.08. The summed E-state index contributed by atoms with van der Waals surface area (Å²) in [4.78, 5) is 30.6. The Morgan fingerprint density at radius 1 is 1.23 bits per heavy atom. The van der Waals surface area contributed by atoms with Gasteiger partial charge in [0.15, 0.2) is 9.84 Å². The van der Waals surface area contributed by atoms with Crippen LogP contribution in [0.5, 0.6) is 11.6 Å². The van der Waals surface area contributed by atoms with E-state index >= 15 is 0 Å². The van der Waals surface area contributed by atoms with E-state index in [0.29, 0.717) is 18.1 Å². The Hall–Kier alpha value is -2.94. The maximum atomic E-state index is 12.6. The number of amides is 2. The van der Waals surface area contributed by atoms with Crippen LogP contribution in [-0.2, 0) is 26.0 Å². The molecule has 2 atom stereocenters. The van der Waals surface area contributed by atoms with Crippen LogP contribution < -0.4 is 10.1 Å². The Morgan fingerprint density at radius 3 is 2.77 bits per heavy atom. The SMILES string of the molecule is O=C(NCc1ccnc(Oc2ccccc2)c1)[C@H]1CC(=O)N([C@@H]2CCS(=O)(=O)C2)C1. The van der Waals surface area contributed by atoms with Gasteiger partial charge in [0.05, 0.1) is 17.4 Å². The molecule has 1 aromatic carbocycles. The van der Waals surface area contributed by atoms with Crippen LogP contribution in [-0.4, -0.2) is 54.2 Å². The third-order valence-electron chi connectivity index (χ3n) is 5.41. The Morgan fingerprint density at radius 2 is 2.03 bits per heavy atom. The minimum absolute atomic E-state index is 0.00567. The van der Waals surface area contributed by atoms with Crippen molar-refractivity contribution >= 4 is 21.7 Å². The number of nitrogens with zero attached hydrogens (tertiary/aromatic N) is 2.